The molecular formula is C21H14ClN3O4S. The largest absolute Gasteiger partial charge is 0.457 e. The van der Waals surface area contributed by atoms with Crippen LogP contribution >= 0.6 is 23.4 Å². The number of furan rings is 1. The minimum Gasteiger partial charge on any atom is -0.457 e. The van der Waals surface area contributed by atoms with Gasteiger partial charge in [0.05, 0.1) is 15.5 Å². The van der Waals surface area contributed by atoms with Gasteiger partial charge in [-0.2, -0.15) is 0 Å². The van der Waals surface area contributed by atoms with Gasteiger partial charge in [0.1, 0.15) is 11.5 Å². The first-order chi connectivity index (χ1) is 14.4. The molecular weight excluding hydrogens is 426 g/mol. The van der Waals surface area contributed by atoms with E-state index in [1.54, 1.807) is 42.5 Å². The topological polar surface area (TPSA) is 97.7 Å². The van der Waals surface area contributed by atoms with Crippen LogP contribution in [0.3, 0.4) is 0 Å². The van der Waals surface area contributed by atoms with E-state index >= 15 is 0 Å². The lowest BCUT2D eigenvalue weighted by atomic mass is 10.1. The van der Waals surface area contributed by atoms with E-state index in [2.05, 4.69) is 10.3 Å². The molecule has 1 amide bonds. The first kappa shape index (κ1) is 19.9. The second-order valence-corrected chi connectivity index (χ2v) is 7.89. The van der Waals surface area contributed by atoms with Crippen molar-refractivity contribution in [2.24, 2.45) is 4.99 Å². The third-order valence-electron chi connectivity index (χ3n) is 4.29. The fourth-order valence-corrected chi connectivity index (χ4v) is 3.84. The van der Waals surface area contributed by atoms with E-state index in [9.17, 15) is 14.9 Å². The maximum absolute atomic E-state index is 12.3. The third-order valence-corrected chi connectivity index (χ3v) is 5.44. The Morgan fingerprint density at radius 2 is 1.93 bits per heavy atom. The molecule has 9 heteroatoms. The zero-order chi connectivity index (χ0) is 21.3. The Hall–Kier alpha value is -3.36. The lowest BCUT2D eigenvalue weighted by Crippen LogP contribution is -2.19. The number of aryl methyl sites for hydroxylation is 1. The Labute approximate surface area is 180 Å². The van der Waals surface area contributed by atoms with Crippen LogP contribution in [0.25, 0.3) is 17.4 Å². The third kappa shape index (κ3) is 4.29. The highest BCUT2D eigenvalue weighted by atomic mass is 35.5. The number of hydrogen-bond acceptors (Lipinski definition) is 6. The van der Waals surface area contributed by atoms with Crippen LogP contribution in [0.1, 0.15) is 11.3 Å². The van der Waals surface area contributed by atoms with Crippen LogP contribution in [0.2, 0.25) is 5.02 Å². The highest BCUT2D eigenvalue weighted by Crippen LogP contribution is 2.31. The van der Waals surface area contributed by atoms with Crippen molar-refractivity contribution >= 4 is 51.9 Å². The van der Waals surface area contributed by atoms with E-state index in [1.807, 2.05) is 13.0 Å². The monoisotopic (exact) mass is 439 g/mol. The normalized spacial score (nSPS) is 16.3. The maximum Gasteiger partial charge on any atom is 0.269 e. The average Bonchev–Trinajstić information content (AvgIpc) is 3.31. The van der Waals surface area contributed by atoms with Crippen molar-refractivity contribution in [1.82, 2.24) is 5.32 Å². The number of nitrogens with zero attached hydrogens (tertiary/aromatic N) is 2. The maximum atomic E-state index is 12.3. The van der Waals surface area contributed by atoms with E-state index in [0.29, 0.717) is 32.2 Å². The predicted molar refractivity (Wildman–Crippen MR) is 118 cm³/mol. The molecule has 0 atom stereocenters. The number of halogens is 1. The summed E-state index contributed by atoms with van der Waals surface area (Å²) in [7, 11) is 0. The molecule has 1 N–H and O–H groups in total. The number of amides is 1. The van der Waals surface area contributed by atoms with Crippen LogP contribution in [-0.4, -0.2) is 16.0 Å². The van der Waals surface area contributed by atoms with Gasteiger partial charge in [-0.15, -0.1) is 0 Å². The van der Waals surface area contributed by atoms with Crippen molar-refractivity contribution in [2.45, 2.75) is 6.92 Å². The zero-order valence-corrected chi connectivity index (χ0v) is 17.2. The highest BCUT2D eigenvalue weighted by molar-refractivity contribution is 8.18. The Morgan fingerprint density at radius 1 is 1.17 bits per heavy atom. The van der Waals surface area contributed by atoms with Gasteiger partial charge in [-0.25, -0.2) is 4.99 Å². The molecule has 150 valence electrons. The standard InChI is InChI=1S/C21H14ClN3O4S/c1-12-10-14(22)4-8-17(12)23-21-24-20(26)19(30-21)11-16-7-9-18(29-16)13-2-5-15(6-3-13)25(27)28/h2-11H,1H3,(H,23,24,26)/b19-11-. The van der Waals surface area contributed by atoms with Gasteiger partial charge in [0.2, 0.25) is 0 Å². The second-order valence-electron chi connectivity index (χ2n) is 6.42. The summed E-state index contributed by atoms with van der Waals surface area (Å²) in [5, 5.41) is 14.6. The van der Waals surface area contributed by atoms with E-state index in [1.165, 1.54) is 23.9 Å². The molecule has 0 unspecified atom stereocenters. The van der Waals surface area contributed by atoms with Crippen molar-refractivity contribution < 1.29 is 14.1 Å². The van der Waals surface area contributed by atoms with E-state index < -0.39 is 4.92 Å². The molecule has 30 heavy (non-hydrogen) atoms. The number of nitro benzene ring substituents is 1. The number of hydrogen-bond donors (Lipinski definition) is 1. The van der Waals surface area contributed by atoms with Gasteiger partial charge in [-0.1, -0.05) is 11.6 Å². The van der Waals surface area contributed by atoms with Gasteiger partial charge >= 0.3 is 0 Å². The van der Waals surface area contributed by atoms with Gasteiger partial charge in [0.15, 0.2) is 5.17 Å². The number of amidine groups is 1. The summed E-state index contributed by atoms with van der Waals surface area (Å²) in [6, 6.07) is 14.9. The quantitative estimate of drug-likeness (QED) is 0.319. The molecule has 2 aromatic carbocycles. The number of carbonyl (C=O) groups excluding carboxylic acids is 1. The summed E-state index contributed by atoms with van der Waals surface area (Å²) in [5.74, 6) is 0.773. The first-order valence-corrected chi connectivity index (χ1v) is 9.99. The minimum atomic E-state index is -0.456. The number of carbonyl (C=O) groups is 1. The summed E-state index contributed by atoms with van der Waals surface area (Å²) in [6.45, 7) is 1.89. The van der Waals surface area contributed by atoms with E-state index in [-0.39, 0.29) is 11.6 Å². The van der Waals surface area contributed by atoms with Crippen LogP contribution < -0.4 is 5.32 Å². The van der Waals surface area contributed by atoms with Gasteiger partial charge in [-0.3, -0.25) is 14.9 Å². The smallest absolute Gasteiger partial charge is 0.269 e. The Morgan fingerprint density at radius 3 is 2.63 bits per heavy atom. The van der Waals surface area contributed by atoms with Crippen molar-refractivity contribution in [3.63, 3.8) is 0 Å². The fraction of sp³-hybridized carbons (Fsp3) is 0.0476. The lowest BCUT2D eigenvalue weighted by Gasteiger charge is -2.01. The van der Waals surface area contributed by atoms with Crippen molar-refractivity contribution in [3.05, 3.63) is 86.0 Å². The molecule has 0 spiro atoms. The Bertz CT molecular complexity index is 1220. The van der Waals surface area contributed by atoms with Gasteiger partial charge < -0.3 is 9.73 Å². The van der Waals surface area contributed by atoms with E-state index in [0.717, 1.165) is 11.3 Å². The molecule has 0 aliphatic carbocycles. The SMILES string of the molecule is Cc1cc(Cl)ccc1N=C1NC(=O)/C(=C/c2ccc(-c3ccc([N+](=O)[O-])cc3)o2)S1. The summed E-state index contributed by atoms with van der Waals surface area (Å²) in [6.07, 6.45) is 1.63. The summed E-state index contributed by atoms with van der Waals surface area (Å²) in [5.41, 5.74) is 2.34. The van der Waals surface area contributed by atoms with Crippen LogP contribution in [-0.2, 0) is 4.79 Å². The van der Waals surface area contributed by atoms with Crippen LogP contribution in [0, 0.1) is 17.0 Å². The molecule has 3 aromatic rings. The van der Waals surface area contributed by atoms with Crippen LogP contribution in [0.4, 0.5) is 11.4 Å². The molecule has 0 bridgehead atoms. The Kier molecular flexibility index (Phi) is 5.43. The number of benzene rings is 2. The molecule has 1 aromatic heterocycles. The average molecular weight is 440 g/mol. The Balaban J connectivity index is 1.53. The van der Waals surface area contributed by atoms with Crippen molar-refractivity contribution in [1.29, 1.82) is 0 Å². The highest BCUT2D eigenvalue weighted by Gasteiger charge is 2.24. The number of nitro groups is 1. The van der Waals surface area contributed by atoms with Crippen molar-refractivity contribution in [3.8, 4) is 11.3 Å². The predicted octanol–water partition coefficient (Wildman–Crippen LogP) is 5.71. The minimum absolute atomic E-state index is 0.00872. The van der Waals surface area contributed by atoms with Gasteiger partial charge in [0, 0.05) is 28.8 Å². The molecule has 0 radical (unpaired) electrons. The number of non-ortho nitro benzene ring substituents is 1. The molecule has 2 heterocycles. The molecule has 1 saturated heterocycles. The first-order valence-electron chi connectivity index (χ1n) is 8.79. The summed E-state index contributed by atoms with van der Waals surface area (Å²) < 4.78 is 5.77. The zero-order valence-electron chi connectivity index (χ0n) is 15.6. The van der Waals surface area contributed by atoms with Crippen LogP contribution in [0.15, 0.2) is 68.9 Å². The molecule has 1 aliphatic rings. The second kappa shape index (κ2) is 8.17. The summed E-state index contributed by atoms with van der Waals surface area (Å²) >= 11 is 7.18. The lowest BCUT2D eigenvalue weighted by molar-refractivity contribution is -0.384. The number of aliphatic imine (C=N–C) groups is 1. The molecule has 0 saturated carbocycles. The number of rotatable bonds is 4. The summed E-state index contributed by atoms with van der Waals surface area (Å²) in [4.78, 5) is 27.5. The van der Waals surface area contributed by atoms with E-state index in [4.69, 9.17) is 16.0 Å². The van der Waals surface area contributed by atoms with Crippen LogP contribution in [0.5, 0.6) is 0 Å². The number of nitrogens with one attached hydrogen (secondary N) is 1. The van der Waals surface area contributed by atoms with Crippen molar-refractivity contribution in [2.75, 3.05) is 0 Å². The fourth-order valence-electron chi connectivity index (χ4n) is 2.80. The molecule has 7 nitrogen and oxygen atoms in total. The van der Waals surface area contributed by atoms with Gasteiger partial charge in [-0.05, 0) is 66.7 Å². The molecule has 1 fully saturated rings. The van der Waals surface area contributed by atoms with Gasteiger partial charge in [0.25, 0.3) is 11.6 Å². The molecule has 4 rings (SSSR count). The molecule has 1 aliphatic heterocycles. The number of thioether (sulfide) groups is 1.